The van der Waals surface area contributed by atoms with E-state index < -0.39 is 0 Å². The molecule has 0 amide bonds. The highest BCUT2D eigenvalue weighted by molar-refractivity contribution is 9.10. The van der Waals surface area contributed by atoms with E-state index in [1.165, 1.54) is 29.4 Å². The van der Waals surface area contributed by atoms with Gasteiger partial charge in [-0.1, -0.05) is 34.1 Å². The molecule has 94 valence electrons. The lowest BCUT2D eigenvalue weighted by Gasteiger charge is -2.35. The molecule has 2 atom stereocenters. The van der Waals surface area contributed by atoms with Crippen LogP contribution < -0.4 is 5.32 Å². The molecule has 0 saturated carbocycles. The molecule has 3 heteroatoms. The van der Waals surface area contributed by atoms with Gasteiger partial charge in [-0.25, -0.2) is 0 Å². The van der Waals surface area contributed by atoms with Crippen LogP contribution in [0.15, 0.2) is 28.7 Å². The van der Waals surface area contributed by atoms with Crippen LogP contribution in [-0.2, 0) is 6.54 Å². The number of halogens is 1. The van der Waals surface area contributed by atoms with Crippen LogP contribution in [0, 0.1) is 0 Å². The van der Waals surface area contributed by atoms with Gasteiger partial charge in [-0.3, -0.25) is 0 Å². The van der Waals surface area contributed by atoms with Gasteiger partial charge in [-0.05, 0) is 45.0 Å². The van der Waals surface area contributed by atoms with Gasteiger partial charge >= 0.3 is 0 Å². The Morgan fingerprint density at radius 2 is 2.18 bits per heavy atom. The molecule has 0 bridgehead atoms. The van der Waals surface area contributed by atoms with E-state index in [-0.39, 0.29) is 0 Å². The summed E-state index contributed by atoms with van der Waals surface area (Å²) in [5.41, 5.74) is 1.35. The Morgan fingerprint density at radius 3 is 2.88 bits per heavy atom. The molecule has 1 saturated heterocycles. The second-order valence-electron chi connectivity index (χ2n) is 5.02. The van der Waals surface area contributed by atoms with Gasteiger partial charge in [0.1, 0.15) is 0 Å². The highest BCUT2D eigenvalue weighted by Gasteiger charge is 2.22. The SMILES string of the molecule is CC1CC(NCc2ccccc2Br)CCN1C. The zero-order chi connectivity index (χ0) is 12.3. The lowest BCUT2D eigenvalue weighted by Crippen LogP contribution is -2.45. The number of hydrogen-bond donors (Lipinski definition) is 1. The molecular formula is C14H21BrN2. The van der Waals surface area contributed by atoms with Crippen LogP contribution in [-0.4, -0.2) is 30.6 Å². The molecule has 1 aromatic carbocycles. The van der Waals surface area contributed by atoms with Gasteiger partial charge in [0.15, 0.2) is 0 Å². The van der Waals surface area contributed by atoms with E-state index in [2.05, 4.69) is 64.4 Å². The Kier molecular flexibility index (Phi) is 4.60. The van der Waals surface area contributed by atoms with Crippen molar-refractivity contribution >= 4 is 15.9 Å². The first-order valence-corrected chi connectivity index (χ1v) is 7.13. The molecule has 1 aliphatic rings. The molecule has 2 nitrogen and oxygen atoms in total. The third kappa shape index (κ3) is 3.54. The molecule has 1 fully saturated rings. The molecule has 0 radical (unpaired) electrons. The second kappa shape index (κ2) is 5.98. The van der Waals surface area contributed by atoms with Crippen molar-refractivity contribution in [1.29, 1.82) is 0 Å². The lowest BCUT2D eigenvalue weighted by atomic mass is 9.99. The summed E-state index contributed by atoms with van der Waals surface area (Å²) in [5.74, 6) is 0. The van der Waals surface area contributed by atoms with Gasteiger partial charge in [0.25, 0.3) is 0 Å². The van der Waals surface area contributed by atoms with Crippen LogP contribution in [0.4, 0.5) is 0 Å². The molecule has 0 aliphatic carbocycles. The standard InChI is InChI=1S/C14H21BrN2/c1-11-9-13(7-8-17(11)2)16-10-12-5-3-4-6-14(12)15/h3-6,11,13,16H,7-10H2,1-2H3. The number of hydrogen-bond acceptors (Lipinski definition) is 2. The Hall–Kier alpha value is -0.380. The zero-order valence-corrected chi connectivity index (χ0v) is 12.2. The summed E-state index contributed by atoms with van der Waals surface area (Å²) < 4.78 is 1.20. The number of likely N-dealkylation sites (tertiary alicyclic amines) is 1. The van der Waals surface area contributed by atoms with Crippen LogP contribution in [0.2, 0.25) is 0 Å². The number of rotatable bonds is 3. The van der Waals surface area contributed by atoms with Gasteiger partial charge in [-0.15, -0.1) is 0 Å². The van der Waals surface area contributed by atoms with E-state index in [0.29, 0.717) is 12.1 Å². The quantitative estimate of drug-likeness (QED) is 0.922. The average Bonchev–Trinajstić information content (AvgIpc) is 2.32. The molecule has 0 spiro atoms. The largest absolute Gasteiger partial charge is 0.310 e. The minimum Gasteiger partial charge on any atom is -0.310 e. The van der Waals surface area contributed by atoms with E-state index in [1.54, 1.807) is 0 Å². The van der Waals surface area contributed by atoms with Crippen molar-refractivity contribution in [3.8, 4) is 0 Å². The van der Waals surface area contributed by atoms with Crippen molar-refractivity contribution in [2.75, 3.05) is 13.6 Å². The van der Waals surface area contributed by atoms with Crippen molar-refractivity contribution in [2.45, 2.75) is 38.4 Å². The summed E-state index contributed by atoms with van der Waals surface area (Å²) in [5, 5.41) is 3.67. The Labute approximate surface area is 113 Å². The van der Waals surface area contributed by atoms with Crippen molar-refractivity contribution in [1.82, 2.24) is 10.2 Å². The Bertz CT molecular complexity index is 367. The van der Waals surface area contributed by atoms with Gasteiger partial charge in [-0.2, -0.15) is 0 Å². The fourth-order valence-electron chi connectivity index (χ4n) is 2.37. The van der Waals surface area contributed by atoms with E-state index in [0.717, 1.165) is 6.54 Å². The third-order valence-electron chi connectivity index (χ3n) is 3.75. The Morgan fingerprint density at radius 1 is 1.41 bits per heavy atom. The number of nitrogens with one attached hydrogen (secondary N) is 1. The smallest absolute Gasteiger partial charge is 0.0220 e. The highest BCUT2D eigenvalue weighted by atomic mass is 79.9. The molecule has 17 heavy (non-hydrogen) atoms. The molecule has 1 aromatic rings. The molecule has 1 N–H and O–H groups in total. The van der Waals surface area contributed by atoms with Crippen molar-refractivity contribution in [2.24, 2.45) is 0 Å². The Balaban J connectivity index is 1.85. The van der Waals surface area contributed by atoms with Crippen LogP contribution in [0.25, 0.3) is 0 Å². The van der Waals surface area contributed by atoms with E-state index in [1.807, 2.05) is 0 Å². The fraction of sp³-hybridized carbons (Fsp3) is 0.571. The van der Waals surface area contributed by atoms with Crippen molar-refractivity contribution < 1.29 is 0 Å². The first-order chi connectivity index (χ1) is 8.16. The zero-order valence-electron chi connectivity index (χ0n) is 10.6. The molecule has 2 rings (SSSR count). The summed E-state index contributed by atoms with van der Waals surface area (Å²) >= 11 is 3.59. The highest BCUT2D eigenvalue weighted by Crippen LogP contribution is 2.18. The van der Waals surface area contributed by atoms with Gasteiger partial charge in [0, 0.05) is 23.1 Å². The van der Waals surface area contributed by atoms with Crippen LogP contribution in [0.1, 0.15) is 25.3 Å². The number of piperidine rings is 1. The molecule has 2 unspecified atom stereocenters. The number of benzene rings is 1. The van der Waals surface area contributed by atoms with Gasteiger partial charge in [0.05, 0.1) is 0 Å². The average molecular weight is 297 g/mol. The normalized spacial score (nSPS) is 26.1. The summed E-state index contributed by atoms with van der Waals surface area (Å²) in [6.07, 6.45) is 2.51. The third-order valence-corrected chi connectivity index (χ3v) is 4.52. The van der Waals surface area contributed by atoms with Crippen LogP contribution in [0.3, 0.4) is 0 Å². The predicted octanol–water partition coefficient (Wildman–Crippen LogP) is 3.02. The summed E-state index contributed by atoms with van der Waals surface area (Å²) in [7, 11) is 2.22. The minimum atomic E-state index is 0.660. The monoisotopic (exact) mass is 296 g/mol. The second-order valence-corrected chi connectivity index (χ2v) is 5.88. The fourth-order valence-corrected chi connectivity index (χ4v) is 2.80. The van der Waals surface area contributed by atoms with Crippen LogP contribution in [0.5, 0.6) is 0 Å². The first kappa shape index (κ1) is 13.1. The van der Waals surface area contributed by atoms with Crippen molar-refractivity contribution in [3.05, 3.63) is 34.3 Å². The lowest BCUT2D eigenvalue weighted by molar-refractivity contribution is 0.168. The summed E-state index contributed by atoms with van der Waals surface area (Å²) in [6, 6.07) is 9.79. The summed E-state index contributed by atoms with van der Waals surface area (Å²) in [6.45, 7) is 4.48. The first-order valence-electron chi connectivity index (χ1n) is 6.34. The van der Waals surface area contributed by atoms with Crippen LogP contribution >= 0.6 is 15.9 Å². The summed E-state index contributed by atoms with van der Waals surface area (Å²) in [4.78, 5) is 2.44. The topological polar surface area (TPSA) is 15.3 Å². The maximum Gasteiger partial charge on any atom is 0.0220 e. The molecular weight excluding hydrogens is 276 g/mol. The number of nitrogens with zero attached hydrogens (tertiary/aromatic N) is 1. The minimum absolute atomic E-state index is 0.660. The van der Waals surface area contributed by atoms with E-state index >= 15 is 0 Å². The van der Waals surface area contributed by atoms with Gasteiger partial charge < -0.3 is 10.2 Å². The predicted molar refractivity (Wildman–Crippen MR) is 76.1 cm³/mol. The van der Waals surface area contributed by atoms with E-state index in [9.17, 15) is 0 Å². The maximum absolute atomic E-state index is 3.67. The maximum atomic E-state index is 3.67. The van der Waals surface area contributed by atoms with Gasteiger partial charge in [0.2, 0.25) is 0 Å². The van der Waals surface area contributed by atoms with Crippen molar-refractivity contribution in [3.63, 3.8) is 0 Å². The molecule has 1 aliphatic heterocycles. The molecule has 1 heterocycles. The van der Waals surface area contributed by atoms with E-state index in [4.69, 9.17) is 0 Å². The molecule has 0 aromatic heterocycles.